The molecule has 0 aliphatic carbocycles. The molecule has 4 nitrogen and oxygen atoms in total. The van der Waals surface area contributed by atoms with E-state index >= 15 is 0 Å². The molecule has 0 fully saturated rings. The van der Waals surface area contributed by atoms with Gasteiger partial charge in [-0.05, 0) is 12.5 Å². The predicted molar refractivity (Wildman–Crippen MR) is 62.6 cm³/mol. The van der Waals surface area contributed by atoms with E-state index in [1.807, 2.05) is 13.1 Å². The monoisotopic (exact) mass is 236 g/mol. The van der Waals surface area contributed by atoms with Crippen molar-refractivity contribution in [1.82, 2.24) is 9.55 Å². The van der Waals surface area contributed by atoms with E-state index in [4.69, 9.17) is 5.11 Å². The zero-order valence-corrected chi connectivity index (χ0v) is 9.70. The summed E-state index contributed by atoms with van der Waals surface area (Å²) < 4.78 is 1.62. The number of thiazole rings is 1. The van der Waals surface area contributed by atoms with E-state index in [1.165, 1.54) is 11.3 Å². The first-order chi connectivity index (χ1) is 7.69. The number of hydrogen-bond donors (Lipinski definition) is 1. The molecule has 0 amide bonds. The van der Waals surface area contributed by atoms with Crippen molar-refractivity contribution in [1.29, 1.82) is 0 Å². The van der Waals surface area contributed by atoms with Crippen molar-refractivity contribution in [2.75, 3.05) is 0 Å². The van der Waals surface area contributed by atoms with Gasteiger partial charge in [0.1, 0.15) is 5.01 Å². The first-order valence-electron chi connectivity index (χ1n) is 4.90. The summed E-state index contributed by atoms with van der Waals surface area (Å²) in [4.78, 5) is 16.5. The number of aliphatic hydroxyl groups is 1. The lowest BCUT2D eigenvalue weighted by Gasteiger charge is -2.03. The molecule has 1 N–H and O–H groups in total. The first kappa shape index (κ1) is 11.0. The molecule has 2 aromatic heterocycles. The minimum Gasteiger partial charge on any atom is -0.391 e. The summed E-state index contributed by atoms with van der Waals surface area (Å²) in [5.74, 6) is 0. The van der Waals surface area contributed by atoms with Gasteiger partial charge in [-0.1, -0.05) is 6.07 Å². The average molecular weight is 236 g/mol. The molecule has 0 unspecified atom stereocenters. The molecule has 5 heteroatoms. The lowest BCUT2D eigenvalue weighted by Crippen LogP contribution is -2.19. The summed E-state index contributed by atoms with van der Waals surface area (Å²) in [5.41, 5.74) is 1.00. The molecule has 16 heavy (non-hydrogen) atoms. The van der Waals surface area contributed by atoms with E-state index in [-0.39, 0.29) is 12.2 Å². The van der Waals surface area contributed by atoms with Gasteiger partial charge in [0.25, 0.3) is 5.56 Å². The first-order valence-corrected chi connectivity index (χ1v) is 5.72. The Kier molecular flexibility index (Phi) is 3.17. The highest BCUT2D eigenvalue weighted by molar-refractivity contribution is 7.11. The summed E-state index contributed by atoms with van der Waals surface area (Å²) in [6, 6.07) is 3.34. The lowest BCUT2D eigenvalue weighted by atomic mass is 10.3. The van der Waals surface area contributed by atoms with E-state index in [0.29, 0.717) is 6.54 Å². The standard InChI is InChI=1S/C11H12N2O2S/c1-8-2-3-11(15)13(5-8)6-10-12-4-9(7-14)16-10/h2-5,14H,6-7H2,1H3. The minimum absolute atomic E-state index is 0.000380. The molecular weight excluding hydrogens is 224 g/mol. The van der Waals surface area contributed by atoms with Crippen LogP contribution in [0.5, 0.6) is 0 Å². The maximum atomic E-state index is 11.5. The maximum absolute atomic E-state index is 11.5. The summed E-state index contributed by atoms with van der Waals surface area (Å²) >= 11 is 1.42. The molecule has 0 aliphatic rings. The third-order valence-corrected chi connectivity index (χ3v) is 3.16. The molecule has 2 aromatic rings. The number of aryl methyl sites for hydroxylation is 1. The van der Waals surface area contributed by atoms with Crippen LogP contribution in [0, 0.1) is 6.92 Å². The van der Waals surface area contributed by atoms with Crippen LogP contribution in [0.25, 0.3) is 0 Å². The van der Waals surface area contributed by atoms with Gasteiger partial charge >= 0.3 is 0 Å². The Morgan fingerprint density at radius 3 is 3.00 bits per heavy atom. The molecule has 0 spiro atoms. The van der Waals surface area contributed by atoms with E-state index in [1.54, 1.807) is 22.9 Å². The molecular formula is C11H12N2O2S. The largest absolute Gasteiger partial charge is 0.391 e. The Bertz CT molecular complexity index is 545. The third-order valence-electron chi connectivity index (χ3n) is 2.19. The van der Waals surface area contributed by atoms with Crippen molar-refractivity contribution >= 4 is 11.3 Å². The van der Waals surface area contributed by atoms with E-state index in [9.17, 15) is 4.79 Å². The predicted octanol–water partition coefficient (Wildman–Crippen LogP) is 1.15. The van der Waals surface area contributed by atoms with Gasteiger partial charge in [-0.15, -0.1) is 11.3 Å². The van der Waals surface area contributed by atoms with Crippen LogP contribution >= 0.6 is 11.3 Å². The van der Waals surface area contributed by atoms with Gasteiger partial charge in [0, 0.05) is 18.5 Å². The van der Waals surface area contributed by atoms with Crippen molar-refractivity contribution in [3.8, 4) is 0 Å². The van der Waals surface area contributed by atoms with E-state index < -0.39 is 0 Å². The van der Waals surface area contributed by atoms with Crippen molar-refractivity contribution < 1.29 is 5.11 Å². The number of aliphatic hydroxyl groups excluding tert-OH is 1. The fourth-order valence-electron chi connectivity index (χ4n) is 1.41. The van der Waals surface area contributed by atoms with Gasteiger partial charge in [-0.2, -0.15) is 0 Å². The van der Waals surface area contributed by atoms with Crippen LogP contribution in [0.2, 0.25) is 0 Å². The van der Waals surface area contributed by atoms with Crippen LogP contribution in [0.4, 0.5) is 0 Å². The number of rotatable bonds is 3. The molecule has 2 heterocycles. The van der Waals surface area contributed by atoms with Crippen molar-refractivity contribution in [2.24, 2.45) is 0 Å². The van der Waals surface area contributed by atoms with Crippen LogP contribution in [-0.2, 0) is 13.2 Å². The second-order valence-electron chi connectivity index (χ2n) is 3.55. The molecule has 0 bridgehead atoms. The lowest BCUT2D eigenvalue weighted by molar-refractivity contribution is 0.285. The highest BCUT2D eigenvalue weighted by Gasteiger charge is 2.03. The van der Waals surface area contributed by atoms with Gasteiger partial charge in [-0.3, -0.25) is 4.79 Å². The van der Waals surface area contributed by atoms with Gasteiger partial charge in [0.05, 0.1) is 18.0 Å². The number of pyridine rings is 1. The van der Waals surface area contributed by atoms with Crippen molar-refractivity contribution in [3.63, 3.8) is 0 Å². The summed E-state index contributed by atoms with van der Waals surface area (Å²) in [6.07, 6.45) is 3.45. The van der Waals surface area contributed by atoms with Gasteiger partial charge in [-0.25, -0.2) is 4.98 Å². The van der Waals surface area contributed by atoms with Crippen LogP contribution in [0.15, 0.2) is 29.3 Å². The summed E-state index contributed by atoms with van der Waals surface area (Å²) in [7, 11) is 0. The molecule has 0 aromatic carbocycles. The quantitative estimate of drug-likeness (QED) is 0.870. The summed E-state index contributed by atoms with van der Waals surface area (Å²) in [5, 5.41) is 9.75. The Morgan fingerprint density at radius 1 is 1.50 bits per heavy atom. The fourth-order valence-corrected chi connectivity index (χ4v) is 2.20. The van der Waals surface area contributed by atoms with Crippen molar-refractivity contribution in [2.45, 2.75) is 20.1 Å². The molecule has 0 radical (unpaired) electrons. The van der Waals surface area contributed by atoms with Crippen LogP contribution in [0.3, 0.4) is 0 Å². The van der Waals surface area contributed by atoms with E-state index in [2.05, 4.69) is 4.98 Å². The van der Waals surface area contributed by atoms with Crippen LogP contribution < -0.4 is 5.56 Å². The van der Waals surface area contributed by atoms with Crippen LogP contribution in [0.1, 0.15) is 15.4 Å². The topological polar surface area (TPSA) is 55.1 Å². The van der Waals surface area contributed by atoms with Gasteiger partial charge in [0.2, 0.25) is 0 Å². The highest BCUT2D eigenvalue weighted by Crippen LogP contribution is 2.13. The number of hydrogen-bond acceptors (Lipinski definition) is 4. The minimum atomic E-state index is -0.0358. The Morgan fingerprint density at radius 2 is 2.31 bits per heavy atom. The molecule has 0 saturated heterocycles. The van der Waals surface area contributed by atoms with Crippen LogP contribution in [-0.4, -0.2) is 14.7 Å². The highest BCUT2D eigenvalue weighted by atomic mass is 32.1. The molecule has 84 valence electrons. The van der Waals surface area contributed by atoms with Gasteiger partial charge in [0.15, 0.2) is 0 Å². The molecule has 0 aliphatic heterocycles. The van der Waals surface area contributed by atoms with E-state index in [0.717, 1.165) is 15.4 Å². The normalized spacial score (nSPS) is 10.6. The molecule has 2 rings (SSSR count). The second kappa shape index (κ2) is 4.59. The third kappa shape index (κ3) is 2.37. The zero-order chi connectivity index (χ0) is 11.5. The average Bonchev–Trinajstić information content (AvgIpc) is 2.71. The fraction of sp³-hybridized carbons (Fsp3) is 0.273. The second-order valence-corrected chi connectivity index (χ2v) is 4.75. The Balaban J connectivity index is 2.26. The Hall–Kier alpha value is -1.46. The van der Waals surface area contributed by atoms with Crippen molar-refractivity contribution in [3.05, 3.63) is 50.3 Å². The maximum Gasteiger partial charge on any atom is 0.250 e. The SMILES string of the molecule is Cc1ccc(=O)n(Cc2ncc(CO)s2)c1. The number of nitrogens with zero attached hydrogens (tertiary/aromatic N) is 2. The zero-order valence-electron chi connectivity index (χ0n) is 8.88. The smallest absolute Gasteiger partial charge is 0.250 e. The Labute approximate surface area is 96.8 Å². The van der Waals surface area contributed by atoms with Gasteiger partial charge < -0.3 is 9.67 Å². The summed E-state index contributed by atoms with van der Waals surface area (Å²) in [6.45, 7) is 2.41. The molecule has 0 saturated carbocycles. The molecule has 0 atom stereocenters. The number of aromatic nitrogens is 2.